The van der Waals surface area contributed by atoms with Gasteiger partial charge in [0.15, 0.2) is 16.1 Å². The monoisotopic (exact) mass is 560 g/mol. The zero-order valence-electron chi connectivity index (χ0n) is 22.7. The quantitative estimate of drug-likeness (QED) is 0.334. The van der Waals surface area contributed by atoms with Crippen LogP contribution >= 0.6 is 11.3 Å². The number of aryl methyl sites for hydroxylation is 1. The smallest absolute Gasteiger partial charge is 0.245 e. The molecular formula is C29H40N2O5S2. The maximum Gasteiger partial charge on any atom is 0.245 e. The van der Waals surface area contributed by atoms with Crippen LogP contribution in [0.1, 0.15) is 63.3 Å². The van der Waals surface area contributed by atoms with Crippen LogP contribution in [0.25, 0.3) is 10.4 Å². The van der Waals surface area contributed by atoms with E-state index in [9.17, 15) is 13.2 Å². The zero-order chi connectivity index (χ0) is 27.2. The van der Waals surface area contributed by atoms with E-state index in [1.54, 1.807) is 0 Å². The minimum Gasteiger partial charge on any atom is -0.350 e. The molecular weight excluding hydrogens is 520 g/mol. The van der Waals surface area contributed by atoms with Gasteiger partial charge in [0.2, 0.25) is 5.91 Å². The van der Waals surface area contributed by atoms with Crippen LogP contribution in [-0.4, -0.2) is 57.5 Å². The van der Waals surface area contributed by atoms with Gasteiger partial charge in [-0.2, -0.15) is 0 Å². The number of nitrogens with zero attached hydrogens (tertiary/aromatic N) is 1. The lowest BCUT2D eigenvalue weighted by atomic mass is 9.97. The Balaban J connectivity index is 1.62. The highest BCUT2D eigenvalue weighted by atomic mass is 32.2. The second-order valence-corrected chi connectivity index (χ2v) is 14.0. The van der Waals surface area contributed by atoms with Crippen molar-refractivity contribution in [1.82, 2.24) is 10.4 Å². The fraction of sp³-hybridized carbons (Fsp3) is 0.552. The highest BCUT2D eigenvalue weighted by Gasteiger charge is 2.49. The molecule has 1 aromatic heterocycles. The summed E-state index contributed by atoms with van der Waals surface area (Å²) in [4.78, 5) is 22.6. The first kappa shape index (κ1) is 29.0. The molecule has 3 heterocycles. The molecule has 2 aromatic rings. The predicted octanol–water partition coefficient (Wildman–Crippen LogP) is 5.22. The Labute approximate surface area is 231 Å². The van der Waals surface area contributed by atoms with Gasteiger partial charge >= 0.3 is 0 Å². The molecule has 2 aliphatic heterocycles. The van der Waals surface area contributed by atoms with Crippen LogP contribution in [0.15, 0.2) is 48.0 Å². The number of sulfone groups is 1. The number of hydrogen-bond donors (Lipinski definition) is 1. The molecule has 0 bridgehead atoms. The summed E-state index contributed by atoms with van der Waals surface area (Å²) < 4.78 is 32.2. The second kappa shape index (κ2) is 12.9. The van der Waals surface area contributed by atoms with E-state index in [0.29, 0.717) is 44.0 Å². The average molecular weight is 561 g/mol. The summed E-state index contributed by atoms with van der Waals surface area (Å²) in [6.45, 7) is 8.52. The Kier molecular flexibility index (Phi) is 9.81. The number of amides is 1. The van der Waals surface area contributed by atoms with E-state index >= 15 is 0 Å². The third-order valence-electron chi connectivity index (χ3n) is 7.45. The van der Waals surface area contributed by atoms with Crippen LogP contribution in [0, 0.1) is 0 Å². The molecule has 4 rings (SSSR count). The summed E-state index contributed by atoms with van der Waals surface area (Å²) in [5.74, 6) is -0.440. The maximum atomic E-state index is 14.0. The lowest BCUT2D eigenvalue weighted by Gasteiger charge is -2.31. The Bertz CT molecular complexity index is 1210. The van der Waals surface area contributed by atoms with Crippen LogP contribution in [0.3, 0.4) is 0 Å². The van der Waals surface area contributed by atoms with Crippen molar-refractivity contribution in [2.45, 2.75) is 70.3 Å². The van der Waals surface area contributed by atoms with Gasteiger partial charge in [0.1, 0.15) is 4.75 Å². The van der Waals surface area contributed by atoms with Gasteiger partial charge in [0.25, 0.3) is 0 Å². The summed E-state index contributed by atoms with van der Waals surface area (Å²) in [7, 11) is -3.66. The van der Waals surface area contributed by atoms with Gasteiger partial charge in [0.05, 0.1) is 12.2 Å². The SMILES string of the molecule is CCc1ccc(-c2ccc([C@@]3(CC(=O)NOC4CCCCO4)CCN(CC=C(C)C)CCS3(=O)=O)s2)cc1. The van der Waals surface area contributed by atoms with E-state index < -0.39 is 26.8 Å². The van der Waals surface area contributed by atoms with Crippen LogP contribution in [0.4, 0.5) is 0 Å². The topological polar surface area (TPSA) is 84.9 Å². The maximum absolute atomic E-state index is 14.0. The number of carbonyl (C=O) groups excluding carboxylic acids is 1. The second-order valence-electron chi connectivity index (χ2n) is 10.5. The minimum atomic E-state index is -3.66. The van der Waals surface area contributed by atoms with E-state index in [1.165, 1.54) is 22.5 Å². The molecule has 1 amide bonds. The van der Waals surface area contributed by atoms with Gasteiger partial charge in [-0.25, -0.2) is 18.7 Å². The highest BCUT2D eigenvalue weighted by Crippen LogP contribution is 2.45. The van der Waals surface area contributed by atoms with Gasteiger partial charge in [0, 0.05) is 42.4 Å². The van der Waals surface area contributed by atoms with E-state index in [2.05, 4.69) is 47.6 Å². The Hall–Kier alpha value is -2.04. The third-order valence-corrected chi connectivity index (χ3v) is 11.4. The number of nitrogens with one attached hydrogen (secondary N) is 1. The zero-order valence-corrected chi connectivity index (χ0v) is 24.3. The van der Waals surface area contributed by atoms with Gasteiger partial charge in [-0.3, -0.25) is 9.69 Å². The van der Waals surface area contributed by atoms with Gasteiger partial charge in [-0.05, 0) is 62.8 Å². The molecule has 9 heteroatoms. The number of carbonyl (C=O) groups is 1. The fourth-order valence-corrected chi connectivity index (χ4v) is 8.63. The Morgan fingerprint density at radius 1 is 1.18 bits per heavy atom. The van der Waals surface area contributed by atoms with Crippen LogP contribution in [0.5, 0.6) is 0 Å². The van der Waals surface area contributed by atoms with Crippen molar-refractivity contribution in [3.63, 3.8) is 0 Å². The summed E-state index contributed by atoms with van der Waals surface area (Å²) in [6, 6.07) is 12.2. The van der Waals surface area contributed by atoms with Gasteiger partial charge in [-0.1, -0.05) is 42.8 Å². The first-order valence-electron chi connectivity index (χ1n) is 13.6. The molecule has 0 radical (unpaired) electrons. The Morgan fingerprint density at radius 2 is 1.97 bits per heavy atom. The summed E-state index contributed by atoms with van der Waals surface area (Å²) in [5, 5.41) is 0. The lowest BCUT2D eigenvalue weighted by molar-refractivity contribution is -0.200. The molecule has 7 nitrogen and oxygen atoms in total. The number of ether oxygens (including phenoxy) is 1. The molecule has 0 aliphatic carbocycles. The number of hydrogen-bond acceptors (Lipinski definition) is 7. The number of rotatable bonds is 9. The molecule has 1 aromatic carbocycles. The number of hydroxylamine groups is 1. The van der Waals surface area contributed by atoms with Crippen molar-refractivity contribution in [2.75, 3.05) is 32.0 Å². The van der Waals surface area contributed by atoms with Crippen molar-refractivity contribution in [3.05, 3.63) is 58.5 Å². The predicted molar refractivity (Wildman–Crippen MR) is 153 cm³/mol. The number of allylic oxidation sites excluding steroid dienone is 1. The van der Waals surface area contributed by atoms with Gasteiger partial charge < -0.3 is 4.74 Å². The standard InChI is InChI=1S/C29H40N2O5S2/c1-4-23-8-10-24(11-9-23)25-12-13-26(37-25)29(21-27(32)30-36-28-7-5-6-19-35-28)15-17-31(16-14-22(2)3)18-20-38(29,33)34/h8-14,28H,4-7,15-21H2,1-3H3,(H,30,32)/t28?,29-/m0/s1. The minimum absolute atomic E-state index is 0.00189. The third kappa shape index (κ3) is 6.93. The molecule has 1 N–H and O–H groups in total. The van der Waals surface area contributed by atoms with Crippen LogP contribution < -0.4 is 5.48 Å². The summed E-state index contributed by atoms with van der Waals surface area (Å²) >= 11 is 1.47. The van der Waals surface area contributed by atoms with Crippen LogP contribution in [-0.2, 0) is 35.4 Å². The molecule has 0 spiro atoms. The number of benzene rings is 1. The number of thiophene rings is 1. The molecule has 2 saturated heterocycles. The fourth-order valence-electron chi connectivity index (χ4n) is 4.98. The molecule has 38 heavy (non-hydrogen) atoms. The highest BCUT2D eigenvalue weighted by molar-refractivity contribution is 7.92. The molecule has 1 unspecified atom stereocenters. The average Bonchev–Trinajstić information content (AvgIpc) is 3.37. The lowest BCUT2D eigenvalue weighted by Crippen LogP contribution is -2.43. The van der Waals surface area contributed by atoms with Crippen molar-refractivity contribution >= 4 is 27.1 Å². The molecule has 0 saturated carbocycles. The largest absolute Gasteiger partial charge is 0.350 e. The van der Waals surface area contributed by atoms with Crippen LogP contribution in [0.2, 0.25) is 0 Å². The molecule has 2 fully saturated rings. The van der Waals surface area contributed by atoms with Crippen molar-refractivity contribution < 1.29 is 22.8 Å². The van der Waals surface area contributed by atoms with Gasteiger partial charge in [-0.15, -0.1) is 11.3 Å². The first-order chi connectivity index (χ1) is 18.2. The molecule has 2 aliphatic rings. The van der Waals surface area contributed by atoms with E-state index in [-0.39, 0.29) is 12.2 Å². The van der Waals surface area contributed by atoms with E-state index in [4.69, 9.17) is 9.57 Å². The normalized spacial score (nSPS) is 23.9. The summed E-state index contributed by atoms with van der Waals surface area (Å²) in [6.07, 6.45) is 5.39. The van der Waals surface area contributed by atoms with Crippen molar-refractivity contribution in [3.8, 4) is 10.4 Å². The van der Waals surface area contributed by atoms with E-state index in [0.717, 1.165) is 29.7 Å². The summed E-state index contributed by atoms with van der Waals surface area (Å²) in [5.41, 5.74) is 6.01. The molecule has 2 atom stereocenters. The van der Waals surface area contributed by atoms with Crippen molar-refractivity contribution in [2.24, 2.45) is 0 Å². The van der Waals surface area contributed by atoms with Crippen molar-refractivity contribution in [1.29, 1.82) is 0 Å². The molecule has 208 valence electrons. The van der Waals surface area contributed by atoms with E-state index in [1.807, 2.05) is 26.0 Å². The Morgan fingerprint density at radius 3 is 2.66 bits per heavy atom. The first-order valence-corrected chi connectivity index (χ1v) is 16.0.